The third-order valence-electron chi connectivity index (χ3n) is 4.53. The van der Waals surface area contributed by atoms with Gasteiger partial charge in [0.15, 0.2) is 0 Å². The molecule has 0 aliphatic rings. The van der Waals surface area contributed by atoms with Crippen LogP contribution in [0.2, 0.25) is 0 Å². The summed E-state index contributed by atoms with van der Waals surface area (Å²) in [6, 6.07) is 17.4. The van der Waals surface area contributed by atoms with Crippen molar-refractivity contribution in [3.8, 4) is 0 Å². The maximum atomic E-state index is 14.1. The van der Waals surface area contributed by atoms with Crippen LogP contribution in [-0.4, -0.2) is 35.5 Å². The van der Waals surface area contributed by atoms with Crippen molar-refractivity contribution in [1.82, 2.24) is 0 Å². The molecule has 2 N–H and O–H groups in total. The molecular formula is C22H22FN3O5S2. The lowest BCUT2D eigenvalue weighted by Gasteiger charge is -2.22. The average molecular weight is 492 g/mol. The number of carbonyl (C=O) groups excluding carboxylic acids is 1. The Balaban J connectivity index is 1.72. The van der Waals surface area contributed by atoms with Gasteiger partial charge >= 0.3 is 0 Å². The summed E-state index contributed by atoms with van der Waals surface area (Å²) in [5.74, 6) is -1.51. The van der Waals surface area contributed by atoms with Gasteiger partial charge in [-0.15, -0.1) is 0 Å². The minimum absolute atomic E-state index is 0.0221. The summed E-state index contributed by atoms with van der Waals surface area (Å²) in [4.78, 5) is 12.4. The van der Waals surface area contributed by atoms with Crippen LogP contribution in [0.4, 0.5) is 21.5 Å². The number of halogens is 1. The average Bonchev–Trinajstić information content (AvgIpc) is 2.72. The molecule has 0 radical (unpaired) electrons. The Kier molecular flexibility index (Phi) is 7.04. The van der Waals surface area contributed by atoms with Crippen molar-refractivity contribution in [1.29, 1.82) is 0 Å². The van der Waals surface area contributed by atoms with Crippen LogP contribution >= 0.6 is 0 Å². The zero-order valence-electron chi connectivity index (χ0n) is 17.8. The van der Waals surface area contributed by atoms with Crippen molar-refractivity contribution in [3.05, 3.63) is 84.2 Å². The molecule has 3 aromatic rings. The van der Waals surface area contributed by atoms with E-state index in [1.165, 1.54) is 42.5 Å². The lowest BCUT2D eigenvalue weighted by Crippen LogP contribution is -2.38. The Morgan fingerprint density at radius 1 is 0.909 bits per heavy atom. The Morgan fingerprint density at radius 3 is 2.18 bits per heavy atom. The molecule has 3 rings (SSSR count). The third kappa shape index (κ3) is 6.30. The van der Waals surface area contributed by atoms with Gasteiger partial charge in [-0.05, 0) is 61.0 Å². The maximum Gasteiger partial charge on any atom is 0.261 e. The van der Waals surface area contributed by atoms with Crippen molar-refractivity contribution in [3.63, 3.8) is 0 Å². The fraction of sp³-hybridized carbons (Fsp3) is 0.136. The second-order valence-electron chi connectivity index (χ2n) is 7.27. The predicted molar refractivity (Wildman–Crippen MR) is 126 cm³/mol. The van der Waals surface area contributed by atoms with E-state index in [2.05, 4.69) is 10.0 Å². The van der Waals surface area contributed by atoms with E-state index in [-0.39, 0.29) is 16.3 Å². The molecule has 174 valence electrons. The van der Waals surface area contributed by atoms with E-state index in [9.17, 15) is 26.0 Å². The molecule has 0 saturated heterocycles. The van der Waals surface area contributed by atoms with Gasteiger partial charge in [-0.3, -0.25) is 13.8 Å². The lowest BCUT2D eigenvalue weighted by atomic mass is 10.2. The zero-order chi connectivity index (χ0) is 24.2. The second kappa shape index (κ2) is 9.59. The maximum absolute atomic E-state index is 14.1. The molecular weight excluding hydrogens is 469 g/mol. The van der Waals surface area contributed by atoms with Crippen molar-refractivity contribution in [2.45, 2.75) is 11.8 Å². The van der Waals surface area contributed by atoms with Gasteiger partial charge in [0.05, 0.1) is 16.8 Å². The SMILES string of the molecule is Cc1cccc(NS(=O)(=O)c2ccc(NC(=O)CN(c3ccccc3F)S(C)(=O)=O)cc2)c1. The standard InChI is InChI=1S/C22H22FN3O5S2/c1-16-6-5-7-18(14-16)25-33(30,31)19-12-10-17(11-13-19)24-22(27)15-26(32(2,28)29)21-9-4-3-8-20(21)23/h3-14,25H,15H2,1-2H3,(H,24,27). The first-order valence-corrected chi connectivity index (χ1v) is 13.0. The smallest absolute Gasteiger partial charge is 0.261 e. The topological polar surface area (TPSA) is 113 Å². The highest BCUT2D eigenvalue weighted by Gasteiger charge is 2.23. The number of amides is 1. The van der Waals surface area contributed by atoms with Gasteiger partial charge in [0, 0.05) is 11.4 Å². The number of hydrogen-bond acceptors (Lipinski definition) is 5. The van der Waals surface area contributed by atoms with E-state index < -0.39 is 38.3 Å². The van der Waals surface area contributed by atoms with Crippen LogP contribution in [0, 0.1) is 12.7 Å². The monoisotopic (exact) mass is 491 g/mol. The normalized spacial score (nSPS) is 11.6. The Hall–Kier alpha value is -3.44. The molecule has 0 saturated carbocycles. The number of para-hydroxylation sites is 1. The first-order chi connectivity index (χ1) is 15.5. The van der Waals surface area contributed by atoms with Crippen LogP contribution in [0.25, 0.3) is 0 Å². The first kappa shape index (κ1) is 24.2. The van der Waals surface area contributed by atoms with Gasteiger partial charge in [-0.2, -0.15) is 0 Å². The first-order valence-electron chi connectivity index (χ1n) is 9.67. The minimum atomic E-state index is -3.94. The molecule has 0 aliphatic heterocycles. The lowest BCUT2D eigenvalue weighted by molar-refractivity contribution is -0.114. The fourth-order valence-electron chi connectivity index (χ4n) is 3.01. The van der Waals surface area contributed by atoms with E-state index in [0.717, 1.165) is 17.9 Å². The fourth-order valence-corrected chi connectivity index (χ4v) is 4.91. The number of aryl methyl sites for hydroxylation is 1. The molecule has 0 aliphatic carbocycles. The number of anilines is 3. The summed E-state index contributed by atoms with van der Waals surface area (Å²) in [6.45, 7) is 1.18. The van der Waals surface area contributed by atoms with E-state index in [1.807, 2.05) is 13.0 Å². The molecule has 0 spiro atoms. The second-order valence-corrected chi connectivity index (χ2v) is 10.9. The molecule has 0 heterocycles. The number of carbonyl (C=O) groups is 1. The number of nitrogens with one attached hydrogen (secondary N) is 2. The third-order valence-corrected chi connectivity index (χ3v) is 7.05. The number of nitrogens with zero attached hydrogens (tertiary/aromatic N) is 1. The molecule has 1 amide bonds. The van der Waals surface area contributed by atoms with E-state index in [0.29, 0.717) is 9.99 Å². The number of hydrogen-bond donors (Lipinski definition) is 2. The van der Waals surface area contributed by atoms with E-state index in [1.54, 1.807) is 18.2 Å². The van der Waals surface area contributed by atoms with Crippen LogP contribution in [-0.2, 0) is 24.8 Å². The predicted octanol–water partition coefficient (Wildman–Crippen LogP) is 3.34. The number of sulfonamides is 2. The molecule has 0 bridgehead atoms. The highest BCUT2D eigenvalue weighted by Crippen LogP contribution is 2.22. The molecule has 0 aromatic heterocycles. The molecule has 0 unspecified atom stereocenters. The van der Waals surface area contributed by atoms with Gasteiger partial charge in [-0.25, -0.2) is 21.2 Å². The summed E-state index contributed by atoms with van der Waals surface area (Å²) in [5, 5.41) is 2.49. The Bertz CT molecular complexity index is 1380. The molecule has 33 heavy (non-hydrogen) atoms. The summed E-state index contributed by atoms with van der Waals surface area (Å²) in [6.07, 6.45) is 0.869. The van der Waals surface area contributed by atoms with Gasteiger partial charge < -0.3 is 5.32 Å². The molecule has 0 atom stereocenters. The van der Waals surface area contributed by atoms with E-state index in [4.69, 9.17) is 0 Å². The summed E-state index contributed by atoms with van der Waals surface area (Å²) >= 11 is 0. The van der Waals surface area contributed by atoms with Gasteiger partial charge in [0.2, 0.25) is 15.9 Å². The van der Waals surface area contributed by atoms with Crippen LogP contribution in [0.1, 0.15) is 5.56 Å². The zero-order valence-corrected chi connectivity index (χ0v) is 19.5. The number of rotatable bonds is 8. The summed E-state index contributed by atoms with van der Waals surface area (Å²) in [5.41, 5.74) is 1.31. The van der Waals surface area contributed by atoms with Crippen LogP contribution in [0.15, 0.2) is 77.7 Å². The molecule has 0 fully saturated rings. The minimum Gasteiger partial charge on any atom is -0.325 e. The Morgan fingerprint density at radius 2 is 1.58 bits per heavy atom. The largest absolute Gasteiger partial charge is 0.325 e. The van der Waals surface area contributed by atoms with Gasteiger partial charge in [0.1, 0.15) is 12.4 Å². The van der Waals surface area contributed by atoms with Crippen molar-refractivity contribution < 1.29 is 26.0 Å². The Labute approximate surface area is 192 Å². The van der Waals surface area contributed by atoms with Gasteiger partial charge in [-0.1, -0.05) is 24.3 Å². The summed E-state index contributed by atoms with van der Waals surface area (Å²) in [7, 11) is -7.79. The number of benzene rings is 3. The van der Waals surface area contributed by atoms with Crippen molar-refractivity contribution in [2.75, 3.05) is 27.1 Å². The van der Waals surface area contributed by atoms with Crippen molar-refractivity contribution in [2.24, 2.45) is 0 Å². The quantitative estimate of drug-likeness (QED) is 0.502. The van der Waals surface area contributed by atoms with Crippen molar-refractivity contribution >= 4 is 43.0 Å². The van der Waals surface area contributed by atoms with Crippen LogP contribution in [0.3, 0.4) is 0 Å². The molecule has 8 nitrogen and oxygen atoms in total. The highest BCUT2D eigenvalue weighted by molar-refractivity contribution is 7.92. The molecule has 3 aromatic carbocycles. The summed E-state index contributed by atoms with van der Waals surface area (Å²) < 4.78 is 66.6. The van der Waals surface area contributed by atoms with Crippen LogP contribution in [0.5, 0.6) is 0 Å². The van der Waals surface area contributed by atoms with Gasteiger partial charge in [0.25, 0.3) is 10.0 Å². The van der Waals surface area contributed by atoms with E-state index >= 15 is 0 Å². The van der Waals surface area contributed by atoms with Crippen LogP contribution < -0.4 is 14.3 Å². The highest BCUT2D eigenvalue weighted by atomic mass is 32.2. The molecule has 11 heteroatoms.